The highest BCUT2D eigenvalue weighted by Gasteiger charge is 2.44. The van der Waals surface area contributed by atoms with Crippen LogP contribution >= 0.6 is 11.6 Å². The number of hydrogen-bond donors (Lipinski definition) is 1. The molecule has 2 saturated carbocycles. The zero-order valence-corrected chi connectivity index (χ0v) is 12.4. The number of nitrogens with zero attached hydrogens (tertiary/aromatic N) is 2. The van der Waals surface area contributed by atoms with Crippen LogP contribution in [-0.2, 0) is 12.1 Å². The van der Waals surface area contributed by atoms with Gasteiger partial charge < -0.3 is 5.11 Å². The van der Waals surface area contributed by atoms with Gasteiger partial charge in [-0.2, -0.15) is 5.10 Å². The summed E-state index contributed by atoms with van der Waals surface area (Å²) in [6, 6.07) is 0. The van der Waals surface area contributed by atoms with Crippen LogP contribution in [0.25, 0.3) is 0 Å². The molecule has 2 unspecified atom stereocenters. The second-order valence-corrected chi connectivity index (χ2v) is 6.70. The van der Waals surface area contributed by atoms with Gasteiger partial charge in [0, 0.05) is 6.54 Å². The molecule has 0 amide bonds. The molecular weight excluding hydrogens is 260 g/mol. The van der Waals surface area contributed by atoms with Gasteiger partial charge in [-0.25, -0.2) is 0 Å². The fraction of sp³-hybridized carbons (Fsp3) is 0.800. The van der Waals surface area contributed by atoms with Gasteiger partial charge in [0.15, 0.2) is 0 Å². The molecule has 0 radical (unpaired) electrons. The normalized spacial score (nSPS) is 31.6. The average molecular weight is 283 g/mol. The average Bonchev–Trinajstić information content (AvgIpc) is 3.15. The fourth-order valence-electron chi connectivity index (χ4n) is 3.69. The van der Waals surface area contributed by atoms with E-state index in [4.69, 9.17) is 11.6 Å². The third-order valence-corrected chi connectivity index (χ3v) is 5.00. The standard InChI is InChI=1S/C15H23ClN2O/c1-2-8-18-14(13(16)10-17-18)15(19)7-3-4-12(9-15)11-5-6-11/h10-12,19H,2-9H2,1H3. The topological polar surface area (TPSA) is 38.0 Å². The SMILES string of the molecule is CCCn1ncc(Cl)c1C1(O)CCCC(C2CC2)C1. The van der Waals surface area contributed by atoms with Gasteiger partial charge in [0.25, 0.3) is 0 Å². The minimum atomic E-state index is -0.756. The van der Waals surface area contributed by atoms with E-state index < -0.39 is 5.60 Å². The van der Waals surface area contributed by atoms with Crippen LogP contribution in [0.3, 0.4) is 0 Å². The molecule has 1 aromatic rings. The largest absolute Gasteiger partial charge is 0.384 e. The van der Waals surface area contributed by atoms with Crippen LogP contribution in [0, 0.1) is 11.8 Å². The predicted molar refractivity (Wildman–Crippen MR) is 76.1 cm³/mol. The molecule has 2 aliphatic rings. The van der Waals surface area contributed by atoms with Crippen molar-refractivity contribution in [2.75, 3.05) is 0 Å². The Morgan fingerprint density at radius 3 is 2.89 bits per heavy atom. The first-order chi connectivity index (χ1) is 9.14. The summed E-state index contributed by atoms with van der Waals surface area (Å²) in [5.41, 5.74) is 0.107. The van der Waals surface area contributed by atoms with E-state index in [1.165, 1.54) is 19.3 Å². The third kappa shape index (κ3) is 2.55. The summed E-state index contributed by atoms with van der Waals surface area (Å²) in [6.45, 7) is 2.95. The molecule has 0 bridgehead atoms. The van der Waals surface area contributed by atoms with Crippen molar-refractivity contribution in [3.63, 3.8) is 0 Å². The van der Waals surface area contributed by atoms with E-state index in [2.05, 4.69) is 12.0 Å². The van der Waals surface area contributed by atoms with E-state index >= 15 is 0 Å². The predicted octanol–water partition coefficient (Wildman–Crippen LogP) is 3.73. The Hall–Kier alpha value is -0.540. The van der Waals surface area contributed by atoms with Gasteiger partial charge in [-0.3, -0.25) is 4.68 Å². The van der Waals surface area contributed by atoms with Crippen LogP contribution in [0.5, 0.6) is 0 Å². The fourth-order valence-corrected chi connectivity index (χ4v) is 4.00. The highest BCUT2D eigenvalue weighted by molar-refractivity contribution is 6.31. The molecule has 2 atom stereocenters. The van der Waals surface area contributed by atoms with Crippen LogP contribution in [-0.4, -0.2) is 14.9 Å². The molecule has 0 spiro atoms. The van der Waals surface area contributed by atoms with Gasteiger partial charge in [0.05, 0.1) is 16.9 Å². The molecule has 106 valence electrons. The summed E-state index contributed by atoms with van der Waals surface area (Å²) in [5, 5.41) is 16.1. The van der Waals surface area contributed by atoms with Crippen LogP contribution < -0.4 is 0 Å². The minimum absolute atomic E-state index is 0.632. The first kappa shape index (κ1) is 13.4. The smallest absolute Gasteiger partial charge is 0.108 e. The molecule has 4 heteroatoms. The molecule has 1 aromatic heterocycles. The maximum atomic E-state index is 11.1. The van der Waals surface area contributed by atoms with Crippen molar-refractivity contribution >= 4 is 11.6 Å². The van der Waals surface area contributed by atoms with E-state index in [9.17, 15) is 5.11 Å². The molecule has 2 fully saturated rings. The van der Waals surface area contributed by atoms with Crippen molar-refractivity contribution in [2.45, 2.75) is 64.0 Å². The Morgan fingerprint density at radius 1 is 1.42 bits per heavy atom. The van der Waals surface area contributed by atoms with E-state index in [1.807, 2.05) is 4.68 Å². The molecule has 2 aliphatic carbocycles. The van der Waals surface area contributed by atoms with Gasteiger partial charge in [0.1, 0.15) is 5.60 Å². The number of hydrogen-bond acceptors (Lipinski definition) is 2. The van der Waals surface area contributed by atoms with Gasteiger partial charge in [0.2, 0.25) is 0 Å². The number of aromatic nitrogens is 2. The highest BCUT2D eigenvalue weighted by Crippen LogP contribution is 2.50. The summed E-state index contributed by atoms with van der Waals surface area (Å²) >= 11 is 6.30. The molecule has 0 aliphatic heterocycles. The van der Waals surface area contributed by atoms with E-state index in [1.54, 1.807) is 6.20 Å². The molecule has 19 heavy (non-hydrogen) atoms. The monoisotopic (exact) mass is 282 g/mol. The van der Waals surface area contributed by atoms with Crippen LogP contribution in [0.1, 0.15) is 57.6 Å². The lowest BCUT2D eigenvalue weighted by atomic mass is 9.74. The molecule has 3 nitrogen and oxygen atoms in total. The zero-order chi connectivity index (χ0) is 13.5. The van der Waals surface area contributed by atoms with Crippen molar-refractivity contribution in [2.24, 2.45) is 11.8 Å². The van der Waals surface area contributed by atoms with Gasteiger partial charge >= 0.3 is 0 Å². The quantitative estimate of drug-likeness (QED) is 0.914. The van der Waals surface area contributed by atoms with Gasteiger partial charge in [-0.05, 0) is 56.8 Å². The van der Waals surface area contributed by atoms with E-state index in [0.29, 0.717) is 10.9 Å². The van der Waals surface area contributed by atoms with E-state index in [-0.39, 0.29) is 0 Å². The molecule has 0 aromatic carbocycles. The van der Waals surface area contributed by atoms with Crippen LogP contribution in [0.2, 0.25) is 5.02 Å². The Morgan fingerprint density at radius 2 is 2.21 bits per heavy atom. The first-order valence-corrected chi connectivity index (χ1v) is 7.96. The lowest BCUT2D eigenvalue weighted by Gasteiger charge is -2.37. The van der Waals surface area contributed by atoms with Crippen molar-refractivity contribution in [3.05, 3.63) is 16.9 Å². The minimum Gasteiger partial charge on any atom is -0.384 e. The lowest BCUT2D eigenvalue weighted by molar-refractivity contribution is -0.0322. The Bertz CT molecular complexity index is 455. The summed E-state index contributed by atoms with van der Waals surface area (Å²) in [4.78, 5) is 0. The van der Waals surface area contributed by atoms with Crippen molar-refractivity contribution in [3.8, 4) is 0 Å². The maximum Gasteiger partial charge on any atom is 0.108 e. The Balaban J connectivity index is 1.87. The number of rotatable bonds is 4. The summed E-state index contributed by atoms with van der Waals surface area (Å²) < 4.78 is 1.91. The first-order valence-electron chi connectivity index (χ1n) is 7.58. The molecule has 3 rings (SSSR count). The van der Waals surface area contributed by atoms with Gasteiger partial charge in [-0.15, -0.1) is 0 Å². The van der Waals surface area contributed by atoms with E-state index in [0.717, 1.165) is 43.8 Å². The van der Waals surface area contributed by atoms with Gasteiger partial charge in [-0.1, -0.05) is 18.5 Å². The summed E-state index contributed by atoms with van der Waals surface area (Å²) in [6.07, 6.45) is 9.46. The number of aryl methyl sites for hydroxylation is 1. The third-order valence-electron chi connectivity index (χ3n) is 4.72. The molecule has 1 heterocycles. The number of halogens is 1. The molecular formula is C15H23ClN2O. The highest BCUT2D eigenvalue weighted by atomic mass is 35.5. The second-order valence-electron chi connectivity index (χ2n) is 6.29. The van der Waals surface area contributed by atoms with Crippen LogP contribution in [0.15, 0.2) is 6.20 Å². The number of aliphatic hydroxyl groups is 1. The zero-order valence-electron chi connectivity index (χ0n) is 11.6. The van der Waals surface area contributed by atoms with Crippen LogP contribution in [0.4, 0.5) is 0 Å². The maximum absolute atomic E-state index is 11.1. The summed E-state index contributed by atoms with van der Waals surface area (Å²) in [5.74, 6) is 1.54. The van der Waals surface area contributed by atoms with Crippen molar-refractivity contribution < 1.29 is 5.11 Å². The molecule has 0 saturated heterocycles. The Labute approximate surface area is 120 Å². The lowest BCUT2D eigenvalue weighted by Crippen LogP contribution is -2.36. The van der Waals surface area contributed by atoms with Crippen molar-refractivity contribution in [1.82, 2.24) is 9.78 Å². The Kier molecular flexibility index (Phi) is 3.61. The molecule has 1 N–H and O–H groups in total. The summed E-state index contributed by atoms with van der Waals surface area (Å²) in [7, 11) is 0. The second kappa shape index (κ2) is 5.10. The van der Waals surface area contributed by atoms with Crippen molar-refractivity contribution in [1.29, 1.82) is 0 Å².